The molecular formula is C10H16BrN3S. The summed E-state index contributed by atoms with van der Waals surface area (Å²) in [5.74, 6) is 0.980. The van der Waals surface area contributed by atoms with Crippen LogP contribution in [0.25, 0.3) is 0 Å². The van der Waals surface area contributed by atoms with E-state index in [-0.39, 0.29) is 0 Å². The third-order valence-corrected chi connectivity index (χ3v) is 3.70. The summed E-state index contributed by atoms with van der Waals surface area (Å²) >= 11 is 5.21. The normalized spacial score (nSPS) is 9.93. The van der Waals surface area contributed by atoms with Crippen LogP contribution < -0.4 is 0 Å². The monoisotopic (exact) mass is 289 g/mol. The quantitative estimate of drug-likeness (QED) is 0.615. The lowest BCUT2D eigenvalue weighted by molar-refractivity contribution is 0.479. The van der Waals surface area contributed by atoms with Crippen molar-refractivity contribution in [3.8, 4) is 0 Å². The van der Waals surface area contributed by atoms with Crippen LogP contribution in [0.5, 0.6) is 0 Å². The molecule has 0 radical (unpaired) electrons. The van der Waals surface area contributed by atoms with Gasteiger partial charge in [-0.25, -0.2) is 4.99 Å². The van der Waals surface area contributed by atoms with E-state index in [4.69, 9.17) is 0 Å². The SMILES string of the molecule is CN(C)C(=NCc1ccsc1Br)N(C)C. The largest absolute Gasteiger partial charge is 0.349 e. The maximum Gasteiger partial charge on any atom is 0.195 e. The van der Waals surface area contributed by atoms with E-state index in [1.807, 2.05) is 38.0 Å². The highest BCUT2D eigenvalue weighted by Gasteiger charge is 2.05. The molecule has 84 valence electrons. The topological polar surface area (TPSA) is 18.8 Å². The van der Waals surface area contributed by atoms with Gasteiger partial charge in [-0.3, -0.25) is 0 Å². The Bertz CT molecular complexity index is 334. The smallest absolute Gasteiger partial charge is 0.195 e. The fraction of sp³-hybridized carbons (Fsp3) is 0.500. The molecule has 0 aliphatic carbocycles. The lowest BCUT2D eigenvalue weighted by Gasteiger charge is -2.22. The van der Waals surface area contributed by atoms with Crippen LogP contribution in [-0.2, 0) is 6.54 Å². The van der Waals surface area contributed by atoms with Crippen molar-refractivity contribution >= 4 is 33.2 Å². The van der Waals surface area contributed by atoms with Gasteiger partial charge in [-0.2, -0.15) is 0 Å². The van der Waals surface area contributed by atoms with Crippen LogP contribution in [0.4, 0.5) is 0 Å². The standard InChI is InChI=1S/C10H16BrN3S/c1-13(2)10(14(3)4)12-7-8-5-6-15-9(8)11/h5-6H,7H2,1-4H3. The van der Waals surface area contributed by atoms with Gasteiger partial charge in [-0.15, -0.1) is 11.3 Å². The third kappa shape index (κ3) is 3.50. The summed E-state index contributed by atoms with van der Waals surface area (Å²) in [5.41, 5.74) is 1.24. The van der Waals surface area contributed by atoms with Gasteiger partial charge in [0.25, 0.3) is 0 Å². The van der Waals surface area contributed by atoms with Gasteiger partial charge in [0.2, 0.25) is 0 Å². The Morgan fingerprint density at radius 1 is 1.33 bits per heavy atom. The summed E-state index contributed by atoms with van der Waals surface area (Å²) in [6.07, 6.45) is 0. The fourth-order valence-corrected chi connectivity index (χ4v) is 2.49. The Balaban J connectivity index is 2.74. The first kappa shape index (κ1) is 12.5. The number of thiophene rings is 1. The second kappa shape index (κ2) is 5.51. The summed E-state index contributed by atoms with van der Waals surface area (Å²) in [6.45, 7) is 0.718. The summed E-state index contributed by atoms with van der Waals surface area (Å²) in [4.78, 5) is 8.60. The molecule has 1 rings (SSSR count). The summed E-state index contributed by atoms with van der Waals surface area (Å²) in [7, 11) is 8.01. The number of hydrogen-bond acceptors (Lipinski definition) is 2. The molecule has 0 saturated heterocycles. The predicted molar refractivity (Wildman–Crippen MR) is 70.5 cm³/mol. The highest BCUT2D eigenvalue weighted by atomic mass is 79.9. The van der Waals surface area contributed by atoms with Gasteiger partial charge < -0.3 is 9.80 Å². The first-order valence-electron chi connectivity index (χ1n) is 4.63. The minimum absolute atomic E-state index is 0.718. The van der Waals surface area contributed by atoms with Gasteiger partial charge in [0.05, 0.1) is 10.3 Å². The molecule has 0 atom stereocenters. The Morgan fingerprint density at radius 3 is 2.33 bits per heavy atom. The van der Waals surface area contributed by atoms with Crippen molar-refractivity contribution in [2.45, 2.75) is 6.54 Å². The molecule has 0 aromatic carbocycles. The molecule has 1 aromatic heterocycles. The minimum Gasteiger partial charge on any atom is -0.349 e. The van der Waals surface area contributed by atoms with E-state index in [9.17, 15) is 0 Å². The number of hydrogen-bond donors (Lipinski definition) is 0. The van der Waals surface area contributed by atoms with Crippen molar-refractivity contribution in [1.29, 1.82) is 0 Å². The van der Waals surface area contributed by atoms with E-state index in [1.165, 1.54) is 9.35 Å². The lowest BCUT2D eigenvalue weighted by atomic mass is 10.3. The van der Waals surface area contributed by atoms with Crippen molar-refractivity contribution in [3.63, 3.8) is 0 Å². The minimum atomic E-state index is 0.718. The Labute approximate surface area is 104 Å². The van der Waals surface area contributed by atoms with Gasteiger partial charge in [0.1, 0.15) is 0 Å². The summed E-state index contributed by atoms with van der Waals surface area (Å²) in [5, 5.41) is 2.07. The van der Waals surface area contributed by atoms with E-state index in [2.05, 4.69) is 32.4 Å². The number of aliphatic imine (C=N–C) groups is 1. The van der Waals surface area contributed by atoms with Crippen LogP contribution in [0, 0.1) is 0 Å². The van der Waals surface area contributed by atoms with E-state index in [1.54, 1.807) is 11.3 Å². The van der Waals surface area contributed by atoms with Crippen LogP contribution in [0.2, 0.25) is 0 Å². The molecule has 1 heterocycles. The average molecular weight is 290 g/mol. The molecule has 15 heavy (non-hydrogen) atoms. The molecule has 3 nitrogen and oxygen atoms in total. The molecule has 0 bridgehead atoms. The first-order chi connectivity index (χ1) is 7.02. The maximum atomic E-state index is 4.57. The van der Waals surface area contributed by atoms with Crippen LogP contribution in [-0.4, -0.2) is 44.0 Å². The third-order valence-electron chi connectivity index (χ3n) is 1.88. The zero-order valence-electron chi connectivity index (χ0n) is 9.49. The zero-order valence-corrected chi connectivity index (χ0v) is 11.9. The molecule has 0 spiro atoms. The van der Waals surface area contributed by atoms with Crippen LogP contribution >= 0.6 is 27.3 Å². The van der Waals surface area contributed by atoms with Crippen LogP contribution in [0.15, 0.2) is 20.2 Å². The molecule has 0 fully saturated rings. The Kier molecular flexibility index (Phi) is 4.60. The van der Waals surface area contributed by atoms with Gasteiger partial charge in [-0.05, 0) is 32.9 Å². The first-order valence-corrected chi connectivity index (χ1v) is 6.30. The molecule has 0 unspecified atom stereocenters. The molecule has 1 aromatic rings. The van der Waals surface area contributed by atoms with E-state index in [0.717, 1.165) is 12.5 Å². The highest BCUT2D eigenvalue weighted by Crippen LogP contribution is 2.23. The number of halogens is 1. The number of rotatable bonds is 2. The lowest BCUT2D eigenvalue weighted by Crippen LogP contribution is -2.35. The van der Waals surface area contributed by atoms with Crippen molar-refractivity contribution in [2.24, 2.45) is 4.99 Å². The second-order valence-corrected chi connectivity index (χ2v) is 5.86. The van der Waals surface area contributed by atoms with Crippen molar-refractivity contribution < 1.29 is 0 Å². The van der Waals surface area contributed by atoms with Crippen molar-refractivity contribution in [3.05, 3.63) is 20.8 Å². The van der Waals surface area contributed by atoms with E-state index >= 15 is 0 Å². The molecule has 0 saturated carbocycles. The number of nitrogens with zero attached hydrogens (tertiary/aromatic N) is 3. The highest BCUT2D eigenvalue weighted by molar-refractivity contribution is 9.11. The fourth-order valence-electron chi connectivity index (χ4n) is 1.27. The predicted octanol–water partition coefficient (Wildman–Crippen LogP) is 2.49. The van der Waals surface area contributed by atoms with Crippen molar-refractivity contribution in [2.75, 3.05) is 28.2 Å². The van der Waals surface area contributed by atoms with Gasteiger partial charge in [0, 0.05) is 28.2 Å². The van der Waals surface area contributed by atoms with Gasteiger partial charge in [0.15, 0.2) is 5.96 Å². The van der Waals surface area contributed by atoms with Crippen LogP contribution in [0.1, 0.15) is 5.56 Å². The van der Waals surface area contributed by atoms with Gasteiger partial charge >= 0.3 is 0 Å². The van der Waals surface area contributed by atoms with Crippen LogP contribution in [0.3, 0.4) is 0 Å². The molecular weight excluding hydrogens is 274 g/mol. The van der Waals surface area contributed by atoms with Gasteiger partial charge in [-0.1, -0.05) is 0 Å². The van der Waals surface area contributed by atoms with E-state index in [0.29, 0.717) is 0 Å². The Hall–Kier alpha value is -0.550. The van der Waals surface area contributed by atoms with E-state index < -0.39 is 0 Å². The summed E-state index contributed by atoms with van der Waals surface area (Å²) in [6, 6.07) is 2.10. The molecule has 0 aliphatic rings. The molecule has 0 amide bonds. The molecule has 5 heteroatoms. The second-order valence-electron chi connectivity index (χ2n) is 3.62. The molecule has 0 aliphatic heterocycles. The number of guanidine groups is 1. The summed E-state index contributed by atoms with van der Waals surface area (Å²) < 4.78 is 1.17. The van der Waals surface area contributed by atoms with Crippen molar-refractivity contribution in [1.82, 2.24) is 9.80 Å². The zero-order chi connectivity index (χ0) is 11.4. The molecule has 0 N–H and O–H groups in total. The maximum absolute atomic E-state index is 4.57. The Morgan fingerprint density at radius 2 is 1.93 bits per heavy atom. The average Bonchev–Trinajstić information content (AvgIpc) is 2.51.